The van der Waals surface area contributed by atoms with Gasteiger partial charge in [0.2, 0.25) is 0 Å². The van der Waals surface area contributed by atoms with Gasteiger partial charge in [-0.25, -0.2) is 8.42 Å². The number of anilines is 1. The molecule has 1 amide bonds. The third-order valence-corrected chi connectivity index (χ3v) is 6.88. The van der Waals surface area contributed by atoms with Crippen LogP contribution < -0.4 is 19.1 Å². The molecule has 1 N–H and O–H groups in total. The van der Waals surface area contributed by atoms with E-state index in [2.05, 4.69) is 5.32 Å². The number of hydrogen-bond acceptors (Lipinski definition) is 5. The molecule has 1 aliphatic rings. The van der Waals surface area contributed by atoms with Crippen molar-refractivity contribution in [3.05, 3.63) is 84.4 Å². The average molecular weight is 453 g/mol. The van der Waals surface area contributed by atoms with Gasteiger partial charge in [-0.2, -0.15) is 0 Å². The van der Waals surface area contributed by atoms with E-state index < -0.39 is 22.0 Å². The van der Waals surface area contributed by atoms with Crippen LogP contribution in [0.1, 0.15) is 12.5 Å². The van der Waals surface area contributed by atoms with Gasteiger partial charge in [-0.15, -0.1) is 0 Å². The molecule has 0 spiro atoms. The molecule has 3 aromatic rings. The van der Waals surface area contributed by atoms with Crippen LogP contribution in [0.2, 0.25) is 0 Å². The van der Waals surface area contributed by atoms with Crippen LogP contribution in [-0.4, -0.2) is 33.6 Å². The summed E-state index contributed by atoms with van der Waals surface area (Å²) in [4.78, 5) is 13.1. The third kappa shape index (κ3) is 4.40. The molecule has 32 heavy (non-hydrogen) atoms. The van der Waals surface area contributed by atoms with Crippen molar-refractivity contribution in [2.24, 2.45) is 0 Å². The van der Waals surface area contributed by atoms with E-state index in [1.165, 1.54) is 16.4 Å². The minimum absolute atomic E-state index is 0.132. The summed E-state index contributed by atoms with van der Waals surface area (Å²) in [6.45, 7) is 2.51. The van der Waals surface area contributed by atoms with Crippen LogP contribution in [0.25, 0.3) is 0 Å². The lowest BCUT2D eigenvalue weighted by Crippen LogP contribution is -2.50. The first-order chi connectivity index (χ1) is 15.5. The number of carbonyl (C=O) groups excluding carboxylic acids is 1. The Morgan fingerprint density at radius 2 is 1.72 bits per heavy atom. The van der Waals surface area contributed by atoms with Crippen molar-refractivity contribution in [1.29, 1.82) is 0 Å². The molecule has 8 heteroatoms. The lowest BCUT2D eigenvalue weighted by molar-refractivity contribution is -0.127. The van der Waals surface area contributed by atoms with Crippen LogP contribution in [0.5, 0.6) is 11.5 Å². The average Bonchev–Trinajstić information content (AvgIpc) is 2.83. The number of fused-ring (bicyclic) bond motifs is 1. The molecular formula is C24H24N2O5S. The van der Waals surface area contributed by atoms with E-state index in [4.69, 9.17) is 9.47 Å². The first kappa shape index (κ1) is 21.7. The van der Waals surface area contributed by atoms with Gasteiger partial charge in [-0.1, -0.05) is 48.5 Å². The lowest BCUT2D eigenvalue weighted by Gasteiger charge is -2.34. The SMILES string of the molecule is CCOc1ccccc1CNC(=O)[C@H]1CN(S(=O)(=O)c2ccccc2)c2ccccc2O1. The monoisotopic (exact) mass is 452 g/mol. The molecule has 0 saturated heterocycles. The van der Waals surface area contributed by atoms with E-state index in [0.29, 0.717) is 23.8 Å². The molecule has 7 nitrogen and oxygen atoms in total. The van der Waals surface area contributed by atoms with Crippen LogP contribution in [0.15, 0.2) is 83.8 Å². The number of benzene rings is 3. The lowest BCUT2D eigenvalue weighted by atomic mass is 10.2. The summed E-state index contributed by atoms with van der Waals surface area (Å²) in [6.07, 6.45) is -0.998. The number of para-hydroxylation sites is 3. The van der Waals surface area contributed by atoms with Crippen molar-refractivity contribution in [3.8, 4) is 11.5 Å². The van der Waals surface area contributed by atoms with Gasteiger partial charge >= 0.3 is 0 Å². The van der Waals surface area contributed by atoms with E-state index >= 15 is 0 Å². The fraction of sp³-hybridized carbons (Fsp3) is 0.208. The smallest absolute Gasteiger partial charge is 0.264 e. The number of carbonyl (C=O) groups is 1. The molecule has 0 radical (unpaired) electrons. The molecule has 0 fully saturated rings. The molecule has 0 aliphatic carbocycles. The molecule has 4 rings (SSSR count). The summed E-state index contributed by atoms with van der Waals surface area (Å²) < 4.78 is 39.4. The summed E-state index contributed by atoms with van der Waals surface area (Å²) in [5.41, 5.74) is 1.23. The van der Waals surface area contributed by atoms with E-state index in [1.54, 1.807) is 42.5 Å². The predicted molar refractivity (Wildman–Crippen MR) is 121 cm³/mol. The van der Waals surface area contributed by atoms with Gasteiger partial charge in [0.25, 0.3) is 15.9 Å². The predicted octanol–water partition coefficient (Wildman–Crippen LogP) is 3.36. The summed E-state index contributed by atoms with van der Waals surface area (Å²) in [5.74, 6) is 0.630. The normalized spacial score (nSPS) is 15.4. The summed E-state index contributed by atoms with van der Waals surface area (Å²) in [7, 11) is -3.87. The summed E-state index contributed by atoms with van der Waals surface area (Å²) >= 11 is 0. The van der Waals surface area contributed by atoms with Crippen LogP contribution in [-0.2, 0) is 21.4 Å². The van der Waals surface area contributed by atoms with Gasteiger partial charge in [-0.3, -0.25) is 9.10 Å². The van der Waals surface area contributed by atoms with Gasteiger partial charge in [0.15, 0.2) is 6.10 Å². The van der Waals surface area contributed by atoms with E-state index in [0.717, 1.165) is 5.56 Å². The molecule has 0 aromatic heterocycles. The largest absolute Gasteiger partial charge is 0.494 e. The number of amides is 1. The van der Waals surface area contributed by atoms with Crippen molar-refractivity contribution >= 4 is 21.6 Å². The molecule has 1 aliphatic heterocycles. The number of nitrogens with zero attached hydrogens (tertiary/aromatic N) is 1. The van der Waals surface area contributed by atoms with Crippen molar-refractivity contribution in [3.63, 3.8) is 0 Å². The second kappa shape index (κ2) is 9.32. The Balaban J connectivity index is 1.57. The van der Waals surface area contributed by atoms with Crippen molar-refractivity contribution in [2.45, 2.75) is 24.5 Å². The third-order valence-electron chi connectivity index (χ3n) is 5.08. The Morgan fingerprint density at radius 1 is 1.03 bits per heavy atom. The number of rotatable bonds is 7. The highest BCUT2D eigenvalue weighted by Gasteiger charge is 2.37. The molecule has 1 atom stereocenters. The molecule has 3 aromatic carbocycles. The molecule has 0 saturated carbocycles. The highest BCUT2D eigenvalue weighted by Crippen LogP contribution is 2.36. The highest BCUT2D eigenvalue weighted by atomic mass is 32.2. The van der Waals surface area contributed by atoms with Crippen molar-refractivity contribution in [2.75, 3.05) is 17.5 Å². The minimum Gasteiger partial charge on any atom is -0.494 e. The van der Waals surface area contributed by atoms with Crippen LogP contribution in [0.4, 0.5) is 5.69 Å². The Labute approximate surface area is 187 Å². The molecule has 1 heterocycles. The van der Waals surface area contributed by atoms with Crippen molar-refractivity contribution < 1.29 is 22.7 Å². The zero-order valence-electron chi connectivity index (χ0n) is 17.6. The Kier molecular flexibility index (Phi) is 6.32. The number of hydrogen-bond donors (Lipinski definition) is 1. The fourth-order valence-corrected chi connectivity index (χ4v) is 5.03. The van der Waals surface area contributed by atoms with E-state index in [-0.39, 0.29) is 18.0 Å². The molecule has 0 unspecified atom stereocenters. The first-order valence-corrected chi connectivity index (χ1v) is 11.8. The zero-order valence-corrected chi connectivity index (χ0v) is 18.4. The maximum absolute atomic E-state index is 13.3. The van der Waals surface area contributed by atoms with Gasteiger partial charge < -0.3 is 14.8 Å². The molecule has 0 bridgehead atoms. The minimum atomic E-state index is -3.87. The van der Waals surface area contributed by atoms with Gasteiger partial charge in [0, 0.05) is 12.1 Å². The van der Waals surface area contributed by atoms with Crippen molar-refractivity contribution in [1.82, 2.24) is 5.32 Å². The Bertz CT molecular complexity index is 1200. The first-order valence-electron chi connectivity index (χ1n) is 10.3. The van der Waals surface area contributed by atoms with E-state index in [9.17, 15) is 13.2 Å². The number of ether oxygens (including phenoxy) is 2. The topological polar surface area (TPSA) is 84.9 Å². The van der Waals surface area contributed by atoms with Gasteiger partial charge in [0.05, 0.1) is 23.7 Å². The van der Waals surface area contributed by atoms with Crippen LogP contribution >= 0.6 is 0 Å². The zero-order chi connectivity index (χ0) is 22.6. The van der Waals surface area contributed by atoms with Gasteiger partial charge in [0.1, 0.15) is 11.5 Å². The summed E-state index contributed by atoms with van der Waals surface area (Å²) in [5, 5.41) is 2.84. The molecule has 166 valence electrons. The number of nitrogens with one attached hydrogen (secondary N) is 1. The summed E-state index contributed by atoms with van der Waals surface area (Å²) in [6, 6.07) is 22.4. The standard InChI is InChI=1S/C24H24N2O5S/c1-2-30-21-14-8-6-10-18(21)16-25-24(27)23-17-26(20-13-7-9-15-22(20)31-23)32(28,29)19-11-4-3-5-12-19/h3-15,23H,2,16-17H2,1H3,(H,25,27)/t23-/m1/s1. The number of sulfonamides is 1. The van der Waals surface area contributed by atoms with Crippen LogP contribution in [0, 0.1) is 0 Å². The Morgan fingerprint density at radius 3 is 2.50 bits per heavy atom. The maximum atomic E-state index is 13.3. The second-order valence-corrected chi connectivity index (χ2v) is 9.04. The Hall–Kier alpha value is -3.52. The van der Waals surface area contributed by atoms with Gasteiger partial charge in [-0.05, 0) is 37.3 Å². The van der Waals surface area contributed by atoms with E-state index in [1.807, 2.05) is 31.2 Å². The van der Waals surface area contributed by atoms with Crippen LogP contribution in [0.3, 0.4) is 0 Å². The molecular weight excluding hydrogens is 428 g/mol. The quantitative estimate of drug-likeness (QED) is 0.594. The second-order valence-electron chi connectivity index (χ2n) is 7.18. The fourth-order valence-electron chi connectivity index (χ4n) is 3.53. The highest BCUT2D eigenvalue weighted by molar-refractivity contribution is 7.92. The maximum Gasteiger partial charge on any atom is 0.264 e.